The van der Waals surface area contributed by atoms with Crippen molar-refractivity contribution in [3.8, 4) is 11.5 Å². The molecular weight excluding hydrogens is 208 g/mol. The van der Waals surface area contributed by atoms with Gasteiger partial charge < -0.3 is 5.32 Å². The van der Waals surface area contributed by atoms with E-state index in [1.807, 2.05) is 18.2 Å². The molecule has 0 bridgehead atoms. The van der Waals surface area contributed by atoms with Gasteiger partial charge in [-0.15, -0.1) is 0 Å². The minimum atomic E-state index is 0.694. The maximum absolute atomic E-state index is 4.35. The SMILES string of the molecule is CCCNc1nc(-c2ccccn2)ns1. The van der Waals surface area contributed by atoms with Crippen molar-refractivity contribution < 1.29 is 0 Å². The largest absolute Gasteiger partial charge is 0.360 e. The Bertz CT molecular complexity index is 412. The molecule has 0 saturated heterocycles. The predicted molar refractivity (Wildman–Crippen MR) is 61.9 cm³/mol. The second kappa shape index (κ2) is 4.84. The van der Waals surface area contributed by atoms with E-state index in [2.05, 4.69) is 26.6 Å². The Morgan fingerprint density at radius 2 is 2.33 bits per heavy atom. The van der Waals surface area contributed by atoms with Crippen LogP contribution in [-0.2, 0) is 0 Å². The molecule has 2 aromatic rings. The van der Waals surface area contributed by atoms with E-state index in [0.717, 1.165) is 23.8 Å². The number of nitrogens with one attached hydrogen (secondary N) is 1. The summed E-state index contributed by atoms with van der Waals surface area (Å²) in [6, 6.07) is 5.72. The summed E-state index contributed by atoms with van der Waals surface area (Å²) in [5, 5.41) is 4.06. The Hall–Kier alpha value is -1.49. The van der Waals surface area contributed by atoms with Gasteiger partial charge in [-0.25, -0.2) is 0 Å². The van der Waals surface area contributed by atoms with Crippen LogP contribution in [0.15, 0.2) is 24.4 Å². The van der Waals surface area contributed by atoms with Crippen LogP contribution < -0.4 is 5.32 Å². The summed E-state index contributed by atoms with van der Waals surface area (Å²) in [4.78, 5) is 8.55. The molecule has 0 atom stereocenters. The standard InChI is InChI=1S/C10H12N4S/c1-2-6-12-10-13-9(14-15-10)8-5-3-4-7-11-8/h3-5,7H,2,6H2,1H3,(H,12,13,14). The first kappa shape index (κ1) is 10.0. The van der Waals surface area contributed by atoms with Crippen molar-refractivity contribution in [3.05, 3.63) is 24.4 Å². The first-order valence-electron chi connectivity index (χ1n) is 4.89. The van der Waals surface area contributed by atoms with Crippen molar-refractivity contribution in [3.63, 3.8) is 0 Å². The fraction of sp³-hybridized carbons (Fsp3) is 0.300. The van der Waals surface area contributed by atoms with Crippen molar-refractivity contribution in [1.29, 1.82) is 0 Å². The molecule has 0 aromatic carbocycles. The van der Waals surface area contributed by atoms with E-state index in [1.165, 1.54) is 11.5 Å². The number of pyridine rings is 1. The zero-order valence-corrected chi connectivity index (χ0v) is 9.29. The number of nitrogens with zero attached hydrogens (tertiary/aromatic N) is 3. The lowest BCUT2D eigenvalue weighted by molar-refractivity contribution is 0.976. The predicted octanol–water partition coefficient (Wildman–Crippen LogP) is 2.42. The lowest BCUT2D eigenvalue weighted by atomic mass is 10.3. The molecule has 0 amide bonds. The third-order valence-electron chi connectivity index (χ3n) is 1.85. The Balaban J connectivity index is 2.14. The fourth-order valence-corrected chi connectivity index (χ4v) is 1.73. The van der Waals surface area contributed by atoms with Crippen LogP contribution in [-0.4, -0.2) is 20.9 Å². The average molecular weight is 220 g/mol. The summed E-state index contributed by atoms with van der Waals surface area (Å²) in [6.07, 6.45) is 2.83. The molecule has 0 fully saturated rings. The highest BCUT2D eigenvalue weighted by molar-refractivity contribution is 7.09. The fourth-order valence-electron chi connectivity index (χ4n) is 1.13. The van der Waals surface area contributed by atoms with Gasteiger partial charge in [-0.1, -0.05) is 13.0 Å². The molecule has 0 aliphatic rings. The monoisotopic (exact) mass is 220 g/mol. The third-order valence-corrected chi connectivity index (χ3v) is 2.52. The molecule has 78 valence electrons. The Labute approximate surface area is 92.6 Å². The first-order chi connectivity index (χ1) is 7.40. The molecule has 2 rings (SSSR count). The summed E-state index contributed by atoms with van der Waals surface area (Å²) in [7, 11) is 0. The van der Waals surface area contributed by atoms with Gasteiger partial charge in [0.05, 0.1) is 0 Å². The highest BCUT2D eigenvalue weighted by Crippen LogP contribution is 2.18. The molecule has 2 heterocycles. The summed E-state index contributed by atoms with van der Waals surface area (Å²) < 4.78 is 4.24. The van der Waals surface area contributed by atoms with E-state index in [-0.39, 0.29) is 0 Å². The summed E-state index contributed by atoms with van der Waals surface area (Å²) >= 11 is 1.37. The molecule has 0 radical (unpaired) electrons. The quantitative estimate of drug-likeness (QED) is 0.859. The van der Waals surface area contributed by atoms with Crippen LogP contribution in [0.4, 0.5) is 5.13 Å². The number of hydrogen-bond donors (Lipinski definition) is 1. The molecule has 4 nitrogen and oxygen atoms in total. The van der Waals surface area contributed by atoms with Gasteiger partial charge in [-0.3, -0.25) is 4.98 Å². The normalized spacial score (nSPS) is 10.2. The molecule has 2 aromatic heterocycles. The lowest BCUT2D eigenvalue weighted by Crippen LogP contribution is -1.98. The topological polar surface area (TPSA) is 50.7 Å². The average Bonchev–Trinajstić information content (AvgIpc) is 2.76. The van der Waals surface area contributed by atoms with Gasteiger partial charge in [0.25, 0.3) is 0 Å². The summed E-state index contributed by atoms with van der Waals surface area (Å²) in [6.45, 7) is 3.05. The minimum Gasteiger partial charge on any atom is -0.360 e. The highest BCUT2D eigenvalue weighted by Gasteiger charge is 2.05. The second-order valence-corrected chi connectivity index (χ2v) is 3.82. The molecule has 15 heavy (non-hydrogen) atoms. The third kappa shape index (κ3) is 2.50. The number of anilines is 1. The Morgan fingerprint density at radius 3 is 3.07 bits per heavy atom. The van der Waals surface area contributed by atoms with E-state index in [0.29, 0.717) is 5.82 Å². The molecule has 0 spiro atoms. The number of rotatable bonds is 4. The highest BCUT2D eigenvalue weighted by atomic mass is 32.1. The molecular formula is C10H12N4S. The summed E-state index contributed by atoms with van der Waals surface area (Å²) in [5.41, 5.74) is 0.818. The van der Waals surface area contributed by atoms with Crippen molar-refractivity contribution in [2.24, 2.45) is 0 Å². The maximum Gasteiger partial charge on any atom is 0.202 e. The van der Waals surface area contributed by atoms with E-state index >= 15 is 0 Å². The molecule has 5 heteroatoms. The zero-order chi connectivity index (χ0) is 10.5. The van der Waals surface area contributed by atoms with Gasteiger partial charge in [0.1, 0.15) is 5.69 Å². The van der Waals surface area contributed by atoms with Gasteiger partial charge in [-0.2, -0.15) is 9.36 Å². The molecule has 0 saturated carbocycles. The van der Waals surface area contributed by atoms with Crippen molar-refractivity contribution in [2.45, 2.75) is 13.3 Å². The zero-order valence-electron chi connectivity index (χ0n) is 8.47. The van der Waals surface area contributed by atoms with Gasteiger partial charge >= 0.3 is 0 Å². The van der Waals surface area contributed by atoms with Crippen LogP contribution in [0.5, 0.6) is 0 Å². The number of aromatic nitrogens is 3. The van der Waals surface area contributed by atoms with Crippen molar-refractivity contribution in [1.82, 2.24) is 14.3 Å². The van der Waals surface area contributed by atoms with Gasteiger partial charge in [0.15, 0.2) is 5.82 Å². The molecule has 0 aliphatic heterocycles. The molecule has 0 unspecified atom stereocenters. The maximum atomic E-state index is 4.35. The van der Waals surface area contributed by atoms with Crippen LogP contribution in [0, 0.1) is 0 Å². The molecule has 1 N–H and O–H groups in total. The van der Waals surface area contributed by atoms with E-state index in [4.69, 9.17) is 0 Å². The van der Waals surface area contributed by atoms with Crippen LogP contribution in [0.2, 0.25) is 0 Å². The van der Waals surface area contributed by atoms with Crippen LogP contribution in [0.3, 0.4) is 0 Å². The van der Waals surface area contributed by atoms with E-state index in [1.54, 1.807) is 6.20 Å². The summed E-state index contributed by atoms with van der Waals surface area (Å²) in [5.74, 6) is 0.694. The van der Waals surface area contributed by atoms with Crippen LogP contribution >= 0.6 is 11.5 Å². The van der Waals surface area contributed by atoms with E-state index in [9.17, 15) is 0 Å². The number of hydrogen-bond acceptors (Lipinski definition) is 5. The Morgan fingerprint density at radius 1 is 1.40 bits per heavy atom. The van der Waals surface area contributed by atoms with Crippen molar-refractivity contribution in [2.75, 3.05) is 11.9 Å². The first-order valence-corrected chi connectivity index (χ1v) is 5.66. The smallest absolute Gasteiger partial charge is 0.202 e. The second-order valence-electron chi connectivity index (χ2n) is 3.06. The van der Waals surface area contributed by atoms with Crippen molar-refractivity contribution >= 4 is 16.7 Å². The van der Waals surface area contributed by atoms with Gasteiger partial charge in [0, 0.05) is 24.3 Å². The van der Waals surface area contributed by atoms with Crippen LogP contribution in [0.1, 0.15) is 13.3 Å². The Kier molecular flexibility index (Phi) is 3.24. The van der Waals surface area contributed by atoms with Gasteiger partial charge in [-0.05, 0) is 18.6 Å². The van der Waals surface area contributed by atoms with Crippen LogP contribution in [0.25, 0.3) is 11.5 Å². The lowest BCUT2D eigenvalue weighted by Gasteiger charge is -1.96. The van der Waals surface area contributed by atoms with Gasteiger partial charge in [0.2, 0.25) is 5.13 Å². The minimum absolute atomic E-state index is 0.694. The molecule has 0 aliphatic carbocycles. The van der Waals surface area contributed by atoms with E-state index < -0.39 is 0 Å².